The zero-order valence-electron chi connectivity index (χ0n) is 11.8. The largest absolute Gasteiger partial charge is 0.465 e. The van der Waals surface area contributed by atoms with E-state index in [0.29, 0.717) is 25.6 Å². The van der Waals surface area contributed by atoms with E-state index in [0.717, 1.165) is 38.7 Å². The molecule has 0 aliphatic carbocycles. The number of rotatable bonds is 3. The number of carbonyl (C=O) groups is 1. The number of amides is 1. The van der Waals surface area contributed by atoms with Crippen LogP contribution in [0.1, 0.15) is 38.5 Å². The van der Waals surface area contributed by atoms with Crippen molar-refractivity contribution in [3.63, 3.8) is 0 Å². The van der Waals surface area contributed by atoms with Gasteiger partial charge in [-0.3, -0.25) is 0 Å². The van der Waals surface area contributed by atoms with Crippen molar-refractivity contribution in [2.45, 2.75) is 44.8 Å². The Balaban J connectivity index is 1.57. The van der Waals surface area contributed by atoms with E-state index >= 15 is 0 Å². The van der Waals surface area contributed by atoms with E-state index in [9.17, 15) is 4.79 Å². The van der Waals surface area contributed by atoms with Crippen molar-refractivity contribution in [3.05, 3.63) is 0 Å². The van der Waals surface area contributed by atoms with Crippen molar-refractivity contribution in [2.24, 2.45) is 5.92 Å². The molecule has 1 amide bonds. The molecule has 0 radical (unpaired) electrons. The van der Waals surface area contributed by atoms with Crippen molar-refractivity contribution in [3.8, 4) is 11.8 Å². The fourth-order valence-electron chi connectivity index (χ4n) is 2.52. The lowest BCUT2D eigenvalue weighted by Crippen LogP contribution is -2.37. The molecule has 2 heterocycles. The molecule has 5 nitrogen and oxygen atoms in total. The monoisotopic (exact) mass is 281 g/mol. The first-order chi connectivity index (χ1) is 9.75. The van der Waals surface area contributed by atoms with Gasteiger partial charge in [0.15, 0.2) is 6.29 Å². The van der Waals surface area contributed by atoms with E-state index in [1.54, 1.807) is 0 Å². The van der Waals surface area contributed by atoms with Crippen LogP contribution in [0.15, 0.2) is 0 Å². The van der Waals surface area contributed by atoms with Gasteiger partial charge in [-0.2, -0.15) is 0 Å². The molecule has 0 aromatic rings. The van der Waals surface area contributed by atoms with Crippen LogP contribution in [0.3, 0.4) is 0 Å². The average molecular weight is 281 g/mol. The Bertz CT molecular complexity index is 360. The molecule has 112 valence electrons. The molecule has 2 saturated heterocycles. The highest BCUT2D eigenvalue weighted by atomic mass is 16.7. The summed E-state index contributed by atoms with van der Waals surface area (Å²) in [6, 6.07) is 0. The summed E-state index contributed by atoms with van der Waals surface area (Å²) in [5.41, 5.74) is 0. The number of likely N-dealkylation sites (tertiary alicyclic amines) is 1. The molecule has 2 rings (SSSR count). The summed E-state index contributed by atoms with van der Waals surface area (Å²) in [4.78, 5) is 12.2. The zero-order valence-corrected chi connectivity index (χ0v) is 11.8. The van der Waals surface area contributed by atoms with E-state index in [-0.39, 0.29) is 6.29 Å². The van der Waals surface area contributed by atoms with Crippen molar-refractivity contribution in [1.29, 1.82) is 0 Å². The summed E-state index contributed by atoms with van der Waals surface area (Å²) >= 11 is 0. The number of carboxylic acid groups (broad SMARTS) is 1. The van der Waals surface area contributed by atoms with E-state index in [2.05, 4.69) is 11.8 Å². The topological polar surface area (TPSA) is 59.0 Å². The molecule has 5 heteroatoms. The van der Waals surface area contributed by atoms with Crippen LogP contribution in [0.25, 0.3) is 0 Å². The molecule has 1 atom stereocenters. The predicted molar refractivity (Wildman–Crippen MR) is 74.3 cm³/mol. The molecule has 0 aromatic heterocycles. The lowest BCUT2D eigenvalue weighted by atomic mass is 9.98. The molecule has 0 bridgehead atoms. The number of hydrogen-bond donors (Lipinski definition) is 1. The van der Waals surface area contributed by atoms with Gasteiger partial charge in [-0.1, -0.05) is 5.92 Å². The Morgan fingerprint density at radius 2 is 2.10 bits per heavy atom. The van der Waals surface area contributed by atoms with Gasteiger partial charge in [0.25, 0.3) is 0 Å². The first kappa shape index (κ1) is 15.1. The molecule has 0 spiro atoms. The first-order valence-corrected chi connectivity index (χ1v) is 7.45. The summed E-state index contributed by atoms with van der Waals surface area (Å²) in [7, 11) is 0. The summed E-state index contributed by atoms with van der Waals surface area (Å²) < 4.78 is 11.1. The van der Waals surface area contributed by atoms with Crippen LogP contribution in [0.5, 0.6) is 0 Å². The molecule has 0 aromatic carbocycles. The lowest BCUT2D eigenvalue weighted by Gasteiger charge is -2.27. The Morgan fingerprint density at radius 3 is 2.75 bits per heavy atom. The number of nitrogens with zero attached hydrogens (tertiary/aromatic N) is 1. The van der Waals surface area contributed by atoms with Gasteiger partial charge in [0, 0.05) is 32.0 Å². The van der Waals surface area contributed by atoms with E-state index in [1.165, 1.54) is 11.3 Å². The van der Waals surface area contributed by atoms with Gasteiger partial charge < -0.3 is 19.5 Å². The van der Waals surface area contributed by atoms with E-state index in [4.69, 9.17) is 14.6 Å². The highest BCUT2D eigenvalue weighted by molar-refractivity contribution is 5.65. The minimum atomic E-state index is -0.822. The van der Waals surface area contributed by atoms with Gasteiger partial charge in [0.05, 0.1) is 6.61 Å². The van der Waals surface area contributed by atoms with Crippen LogP contribution in [-0.2, 0) is 9.47 Å². The molecule has 0 saturated carbocycles. The second-order valence-corrected chi connectivity index (χ2v) is 5.28. The van der Waals surface area contributed by atoms with Crippen LogP contribution >= 0.6 is 0 Å². The maximum absolute atomic E-state index is 10.8. The molecule has 1 N–H and O–H groups in total. The van der Waals surface area contributed by atoms with Crippen LogP contribution in [-0.4, -0.2) is 48.7 Å². The molecular weight excluding hydrogens is 258 g/mol. The van der Waals surface area contributed by atoms with Gasteiger partial charge in [-0.05, 0) is 32.1 Å². The summed E-state index contributed by atoms with van der Waals surface area (Å²) in [5, 5.41) is 8.86. The quantitative estimate of drug-likeness (QED) is 0.637. The van der Waals surface area contributed by atoms with Crippen molar-refractivity contribution in [1.82, 2.24) is 4.90 Å². The van der Waals surface area contributed by atoms with Crippen molar-refractivity contribution < 1.29 is 19.4 Å². The van der Waals surface area contributed by atoms with E-state index < -0.39 is 6.09 Å². The predicted octanol–water partition coefficient (Wildman–Crippen LogP) is 2.31. The highest BCUT2D eigenvalue weighted by Crippen LogP contribution is 2.16. The SMILES string of the molecule is O=C(O)N1CCC(C#CCCOC2CCCCO2)CC1. The second-order valence-electron chi connectivity index (χ2n) is 5.28. The molecule has 2 aliphatic rings. The normalized spacial score (nSPS) is 24.0. The molecule has 2 aliphatic heterocycles. The van der Waals surface area contributed by atoms with Gasteiger partial charge >= 0.3 is 6.09 Å². The zero-order chi connectivity index (χ0) is 14.2. The minimum absolute atomic E-state index is 0.0376. The maximum atomic E-state index is 10.8. The third kappa shape index (κ3) is 5.03. The van der Waals surface area contributed by atoms with Crippen molar-refractivity contribution >= 4 is 6.09 Å². The lowest BCUT2D eigenvalue weighted by molar-refractivity contribution is -0.161. The summed E-state index contributed by atoms with van der Waals surface area (Å²) in [6.07, 6.45) is 4.84. The van der Waals surface area contributed by atoms with E-state index in [1.807, 2.05) is 0 Å². The molecule has 1 unspecified atom stereocenters. The molecule has 2 fully saturated rings. The third-order valence-electron chi connectivity index (χ3n) is 3.74. The van der Waals surface area contributed by atoms with Crippen LogP contribution in [0.4, 0.5) is 4.79 Å². The standard InChI is InChI=1S/C15H23NO4/c17-15(18)16-9-7-13(8-10-16)5-1-3-11-19-14-6-2-4-12-20-14/h13-14H,2-4,6-12H2,(H,17,18). The van der Waals surface area contributed by atoms with Crippen molar-refractivity contribution in [2.75, 3.05) is 26.3 Å². The Labute approximate surface area is 120 Å². The van der Waals surface area contributed by atoms with Gasteiger partial charge in [0.2, 0.25) is 0 Å². The second kappa shape index (κ2) is 8.13. The Kier molecular flexibility index (Phi) is 6.16. The minimum Gasteiger partial charge on any atom is -0.465 e. The maximum Gasteiger partial charge on any atom is 0.407 e. The molecular formula is C15H23NO4. The fourth-order valence-corrected chi connectivity index (χ4v) is 2.52. The summed E-state index contributed by atoms with van der Waals surface area (Å²) in [5.74, 6) is 6.70. The average Bonchev–Trinajstić information content (AvgIpc) is 2.48. The summed E-state index contributed by atoms with van der Waals surface area (Å²) in [6.45, 7) is 2.62. The number of ether oxygens (including phenoxy) is 2. The molecule has 20 heavy (non-hydrogen) atoms. The van der Waals surface area contributed by atoms with Crippen LogP contribution in [0.2, 0.25) is 0 Å². The third-order valence-corrected chi connectivity index (χ3v) is 3.74. The number of hydrogen-bond acceptors (Lipinski definition) is 3. The van der Waals surface area contributed by atoms with Gasteiger partial charge in [-0.15, -0.1) is 5.92 Å². The van der Waals surface area contributed by atoms with Gasteiger partial charge in [-0.25, -0.2) is 4.79 Å². The smallest absolute Gasteiger partial charge is 0.407 e. The highest BCUT2D eigenvalue weighted by Gasteiger charge is 2.20. The van der Waals surface area contributed by atoms with Crippen LogP contribution < -0.4 is 0 Å². The fraction of sp³-hybridized carbons (Fsp3) is 0.800. The number of piperidine rings is 1. The Hall–Kier alpha value is -1.25. The van der Waals surface area contributed by atoms with Gasteiger partial charge in [0.1, 0.15) is 0 Å². The first-order valence-electron chi connectivity index (χ1n) is 7.45. The van der Waals surface area contributed by atoms with Crippen LogP contribution in [0, 0.1) is 17.8 Å². The Morgan fingerprint density at radius 1 is 1.30 bits per heavy atom.